The molecule has 0 aromatic heterocycles. The molecule has 0 radical (unpaired) electrons. The van der Waals surface area contributed by atoms with E-state index in [2.05, 4.69) is 10.6 Å². The highest BCUT2D eigenvalue weighted by atomic mass is 16.2. The number of amides is 3. The molecule has 0 bridgehead atoms. The number of hydrogen-bond acceptors (Lipinski definition) is 4. The monoisotopic (exact) mass is 240 g/mol. The van der Waals surface area contributed by atoms with Gasteiger partial charge in [0.15, 0.2) is 0 Å². The molecule has 0 aromatic carbocycles. The van der Waals surface area contributed by atoms with Crippen molar-refractivity contribution in [3.8, 4) is 0 Å². The molecule has 2 aliphatic heterocycles. The third-order valence-electron chi connectivity index (χ3n) is 3.08. The van der Waals surface area contributed by atoms with Crippen molar-refractivity contribution in [2.24, 2.45) is 0 Å². The average molecular weight is 240 g/mol. The van der Waals surface area contributed by atoms with Gasteiger partial charge in [-0.2, -0.15) is 0 Å². The van der Waals surface area contributed by atoms with Crippen molar-refractivity contribution in [3.05, 3.63) is 0 Å². The van der Waals surface area contributed by atoms with Crippen LogP contribution >= 0.6 is 0 Å². The van der Waals surface area contributed by atoms with E-state index in [1.165, 1.54) is 4.90 Å². The molecule has 0 aromatic rings. The lowest BCUT2D eigenvalue weighted by atomic mass is 10.2. The largest absolute Gasteiger partial charge is 0.353 e. The van der Waals surface area contributed by atoms with Gasteiger partial charge in [-0.15, -0.1) is 0 Å². The van der Waals surface area contributed by atoms with E-state index in [1.807, 2.05) is 0 Å². The number of rotatable bonds is 1. The molecular weight excluding hydrogens is 224 g/mol. The Kier molecular flexibility index (Phi) is 3.28. The van der Waals surface area contributed by atoms with E-state index >= 15 is 0 Å². The summed E-state index contributed by atoms with van der Waals surface area (Å²) < 4.78 is 0. The molecule has 17 heavy (non-hydrogen) atoms. The third-order valence-corrected chi connectivity index (χ3v) is 3.08. The molecule has 2 aliphatic rings. The first kappa shape index (κ1) is 11.8. The van der Waals surface area contributed by atoms with Gasteiger partial charge in [0.25, 0.3) is 0 Å². The lowest BCUT2D eigenvalue weighted by Gasteiger charge is -2.35. The molecule has 2 saturated heterocycles. The topological polar surface area (TPSA) is 81.8 Å². The molecule has 2 N–H and O–H groups in total. The number of piperazine rings is 2. The normalized spacial score (nSPS) is 25.8. The maximum absolute atomic E-state index is 12.1. The van der Waals surface area contributed by atoms with Crippen molar-refractivity contribution in [1.82, 2.24) is 20.4 Å². The van der Waals surface area contributed by atoms with Crippen LogP contribution in [0.5, 0.6) is 0 Å². The van der Waals surface area contributed by atoms with Gasteiger partial charge in [-0.1, -0.05) is 0 Å². The Labute approximate surface area is 99.1 Å². The minimum absolute atomic E-state index is 0.0514. The predicted molar refractivity (Wildman–Crippen MR) is 59.0 cm³/mol. The molecule has 7 heteroatoms. The summed E-state index contributed by atoms with van der Waals surface area (Å²) in [5.41, 5.74) is 0. The van der Waals surface area contributed by atoms with Crippen LogP contribution in [0.15, 0.2) is 0 Å². The highest BCUT2D eigenvalue weighted by molar-refractivity contribution is 5.90. The predicted octanol–water partition coefficient (Wildman–Crippen LogP) is -2.62. The Morgan fingerprint density at radius 3 is 2.71 bits per heavy atom. The number of likely N-dealkylation sites (N-methyl/N-ethyl adjacent to an activating group) is 1. The van der Waals surface area contributed by atoms with E-state index in [9.17, 15) is 14.4 Å². The molecule has 2 rings (SSSR count). The average Bonchev–Trinajstić information content (AvgIpc) is 2.33. The second-order valence-corrected chi connectivity index (χ2v) is 4.31. The van der Waals surface area contributed by atoms with Crippen LogP contribution < -0.4 is 10.6 Å². The Bertz CT molecular complexity index is 347. The van der Waals surface area contributed by atoms with Crippen LogP contribution in [0.1, 0.15) is 0 Å². The second-order valence-electron chi connectivity index (χ2n) is 4.31. The number of carbonyl (C=O) groups excluding carboxylic acids is 3. The fraction of sp³-hybridized carbons (Fsp3) is 0.700. The number of hydrogen-bond donors (Lipinski definition) is 2. The number of carbonyl (C=O) groups is 3. The molecule has 0 aliphatic carbocycles. The van der Waals surface area contributed by atoms with Crippen molar-refractivity contribution in [1.29, 1.82) is 0 Å². The van der Waals surface area contributed by atoms with E-state index < -0.39 is 6.04 Å². The van der Waals surface area contributed by atoms with Crippen LogP contribution in [-0.4, -0.2) is 73.3 Å². The zero-order chi connectivity index (χ0) is 12.4. The maximum Gasteiger partial charge on any atom is 0.242 e. The summed E-state index contributed by atoms with van der Waals surface area (Å²) in [7, 11) is 1.73. The molecule has 0 spiro atoms. The first-order valence-electron chi connectivity index (χ1n) is 5.61. The summed E-state index contributed by atoms with van der Waals surface area (Å²) in [6.07, 6.45) is 0. The standard InChI is InChI=1S/C10H16N4O3/c1-13-2-3-14(6-9(13)16)10(17)7-4-12-8(15)5-11-7/h7,11H,2-6H2,1H3,(H,12,15). The van der Waals surface area contributed by atoms with Crippen LogP contribution in [0.25, 0.3) is 0 Å². The molecule has 3 amide bonds. The highest BCUT2D eigenvalue weighted by Gasteiger charge is 2.31. The molecule has 2 heterocycles. The first-order chi connectivity index (χ1) is 8.08. The van der Waals surface area contributed by atoms with Crippen molar-refractivity contribution in [3.63, 3.8) is 0 Å². The van der Waals surface area contributed by atoms with Gasteiger partial charge in [0, 0.05) is 26.7 Å². The summed E-state index contributed by atoms with van der Waals surface area (Å²) in [5, 5.41) is 5.49. The Balaban J connectivity index is 1.92. The Hall–Kier alpha value is -1.63. The lowest BCUT2D eigenvalue weighted by Crippen LogP contribution is -2.61. The summed E-state index contributed by atoms with van der Waals surface area (Å²) >= 11 is 0. The van der Waals surface area contributed by atoms with Gasteiger partial charge >= 0.3 is 0 Å². The van der Waals surface area contributed by atoms with Gasteiger partial charge in [0.05, 0.1) is 13.1 Å². The Morgan fingerprint density at radius 1 is 1.35 bits per heavy atom. The third kappa shape index (κ3) is 2.55. The SMILES string of the molecule is CN1CCN(C(=O)C2CNC(=O)CN2)CC1=O. The minimum Gasteiger partial charge on any atom is -0.353 e. The van der Waals surface area contributed by atoms with Gasteiger partial charge in [0.2, 0.25) is 17.7 Å². The van der Waals surface area contributed by atoms with Crippen LogP contribution in [0.4, 0.5) is 0 Å². The second kappa shape index (κ2) is 4.70. The van der Waals surface area contributed by atoms with Gasteiger partial charge in [0.1, 0.15) is 6.04 Å². The fourth-order valence-corrected chi connectivity index (χ4v) is 1.91. The fourth-order valence-electron chi connectivity index (χ4n) is 1.91. The smallest absolute Gasteiger partial charge is 0.242 e. The lowest BCUT2D eigenvalue weighted by molar-refractivity contribution is -0.146. The van der Waals surface area contributed by atoms with E-state index in [0.29, 0.717) is 13.1 Å². The summed E-state index contributed by atoms with van der Waals surface area (Å²) in [6.45, 7) is 1.68. The summed E-state index contributed by atoms with van der Waals surface area (Å²) in [5.74, 6) is -0.278. The summed E-state index contributed by atoms with van der Waals surface area (Å²) in [4.78, 5) is 37.6. The van der Waals surface area contributed by atoms with E-state index in [-0.39, 0.29) is 37.4 Å². The van der Waals surface area contributed by atoms with Crippen LogP contribution in [0.2, 0.25) is 0 Å². The van der Waals surface area contributed by atoms with Crippen LogP contribution in [0.3, 0.4) is 0 Å². The minimum atomic E-state index is -0.413. The van der Waals surface area contributed by atoms with Crippen LogP contribution in [0, 0.1) is 0 Å². The van der Waals surface area contributed by atoms with Gasteiger partial charge in [-0.25, -0.2) is 0 Å². The molecular formula is C10H16N4O3. The highest BCUT2D eigenvalue weighted by Crippen LogP contribution is 2.04. The van der Waals surface area contributed by atoms with Crippen molar-refractivity contribution in [2.75, 3.05) is 39.8 Å². The molecule has 2 fully saturated rings. The van der Waals surface area contributed by atoms with Crippen LogP contribution in [-0.2, 0) is 14.4 Å². The van der Waals surface area contributed by atoms with Crippen molar-refractivity contribution >= 4 is 17.7 Å². The molecule has 1 atom stereocenters. The first-order valence-corrected chi connectivity index (χ1v) is 5.61. The quantitative estimate of drug-likeness (QED) is 0.525. The number of nitrogens with one attached hydrogen (secondary N) is 2. The molecule has 0 saturated carbocycles. The van der Waals surface area contributed by atoms with Gasteiger partial charge < -0.3 is 15.1 Å². The van der Waals surface area contributed by atoms with Crippen molar-refractivity contribution in [2.45, 2.75) is 6.04 Å². The van der Waals surface area contributed by atoms with Gasteiger partial charge in [-0.3, -0.25) is 19.7 Å². The van der Waals surface area contributed by atoms with E-state index in [1.54, 1.807) is 11.9 Å². The Morgan fingerprint density at radius 2 is 2.12 bits per heavy atom. The molecule has 1 unspecified atom stereocenters. The van der Waals surface area contributed by atoms with Gasteiger partial charge in [-0.05, 0) is 0 Å². The van der Waals surface area contributed by atoms with E-state index in [4.69, 9.17) is 0 Å². The number of nitrogens with zero attached hydrogens (tertiary/aromatic N) is 2. The van der Waals surface area contributed by atoms with E-state index in [0.717, 1.165) is 0 Å². The maximum atomic E-state index is 12.1. The summed E-state index contributed by atoms with van der Waals surface area (Å²) in [6, 6.07) is -0.413. The zero-order valence-electron chi connectivity index (χ0n) is 9.73. The van der Waals surface area contributed by atoms with Crippen molar-refractivity contribution < 1.29 is 14.4 Å². The molecule has 94 valence electrons. The zero-order valence-corrected chi connectivity index (χ0v) is 9.73. The molecule has 7 nitrogen and oxygen atoms in total.